The fourth-order valence-corrected chi connectivity index (χ4v) is 1.90. The summed E-state index contributed by atoms with van der Waals surface area (Å²) in [5.74, 6) is -1.57. The topological polar surface area (TPSA) is 86.6 Å². The van der Waals surface area contributed by atoms with E-state index in [1.807, 2.05) is 13.0 Å². The maximum atomic E-state index is 11.8. The zero-order valence-electron chi connectivity index (χ0n) is 9.81. The van der Waals surface area contributed by atoms with Gasteiger partial charge in [-0.15, -0.1) is 0 Å². The molecular weight excluding hydrogens is 302 g/mol. The molecule has 1 atom stereocenters. The van der Waals surface area contributed by atoms with Gasteiger partial charge in [0.1, 0.15) is 0 Å². The first-order valence-corrected chi connectivity index (χ1v) is 6.16. The Hall–Kier alpha value is -1.40. The Kier molecular flexibility index (Phi) is 5.30. The number of carboxylic acids is 1. The van der Waals surface area contributed by atoms with Crippen LogP contribution in [0.25, 0.3) is 0 Å². The zero-order valence-corrected chi connectivity index (χ0v) is 11.4. The summed E-state index contributed by atoms with van der Waals surface area (Å²) in [6.07, 6.45) is -1.47. The summed E-state index contributed by atoms with van der Waals surface area (Å²) in [7, 11) is 0. The molecule has 0 heterocycles. The largest absolute Gasteiger partial charge is 0.479 e. The number of aliphatic hydroxyl groups excluding tert-OH is 1. The lowest BCUT2D eigenvalue weighted by Gasteiger charge is -2.09. The van der Waals surface area contributed by atoms with Crippen molar-refractivity contribution in [3.05, 3.63) is 33.8 Å². The predicted octanol–water partition coefficient (Wildman–Crippen LogP) is 1.32. The SMILES string of the molecule is Cc1cc(Br)ccc1C(=O)NCCC(O)C(=O)O. The molecule has 0 saturated heterocycles. The Morgan fingerprint density at radius 3 is 2.67 bits per heavy atom. The molecule has 18 heavy (non-hydrogen) atoms. The van der Waals surface area contributed by atoms with E-state index in [-0.39, 0.29) is 18.9 Å². The Balaban J connectivity index is 2.53. The third kappa shape index (κ3) is 4.12. The summed E-state index contributed by atoms with van der Waals surface area (Å²) in [6.45, 7) is 1.92. The number of rotatable bonds is 5. The quantitative estimate of drug-likeness (QED) is 0.765. The van der Waals surface area contributed by atoms with E-state index in [1.54, 1.807) is 12.1 Å². The molecule has 0 fully saturated rings. The van der Waals surface area contributed by atoms with Gasteiger partial charge in [0.05, 0.1) is 0 Å². The van der Waals surface area contributed by atoms with Gasteiger partial charge >= 0.3 is 5.97 Å². The summed E-state index contributed by atoms with van der Waals surface area (Å²) in [6, 6.07) is 5.26. The molecule has 1 amide bonds. The number of aliphatic hydroxyl groups is 1. The number of carbonyl (C=O) groups excluding carboxylic acids is 1. The minimum absolute atomic E-state index is 0.0172. The summed E-state index contributed by atoms with van der Waals surface area (Å²) < 4.78 is 0.887. The van der Waals surface area contributed by atoms with Gasteiger partial charge in [-0.2, -0.15) is 0 Å². The van der Waals surface area contributed by atoms with Gasteiger partial charge in [-0.25, -0.2) is 4.79 Å². The van der Waals surface area contributed by atoms with Crippen molar-refractivity contribution < 1.29 is 19.8 Å². The maximum Gasteiger partial charge on any atom is 0.332 e. The summed E-state index contributed by atoms with van der Waals surface area (Å²) in [4.78, 5) is 22.1. The van der Waals surface area contributed by atoms with Gasteiger partial charge in [-0.3, -0.25) is 4.79 Å². The molecule has 0 spiro atoms. The number of aryl methyl sites for hydroxylation is 1. The van der Waals surface area contributed by atoms with E-state index in [4.69, 9.17) is 10.2 Å². The minimum atomic E-state index is -1.45. The number of halogens is 1. The van der Waals surface area contributed by atoms with Crippen molar-refractivity contribution in [3.8, 4) is 0 Å². The van der Waals surface area contributed by atoms with Crippen LogP contribution in [0.3, 0.4) is 0 Å². The Labute approximate surface area is 113 Å². The number of amides is 1. The number of nitrogens with one attached hydrogen (secondary N) is 1. The van der Waals surface area contributed by atoms with Crippen LogP contribution in [0.2, 0.25) is 0 Å². The molecule has 5 nitrogen and oxygen atoms in total. The van der Waals surface area contributed by atoms with Crippen LogP contribution < -0.4 is 5.32 Å². The predicted molar refractivity (Wildman–Crippen MR) is 69.5 cm³/mol. The molecule has 1 unspecified atom stereocenters. The number of aliphatic carboxylic acids is 1. The standard InChI is InChI=1S/C12H14BrNO4/c1-7-6-8(13)2-3-9(7)11(16)14-5-4-10(15)12(17)18/h2-3,6,10,15H,4-5H2,1H3,(H,14,16)(H,17,18). The average molecular weight is 316 g/mol. The molecule has 0 aliphatic rings. The van der Waals surface area contributed by atoms with Gasteiger partial charge in [0, 0.05) is 23.0 Å². The van der Waals surface area contributed by atoms with Crippen molar-refractivity contribution in [1.29, 1.82) is 0 Å². The van der Waals surface area contributed by atoms with Crippen molar-refractivity contribution in [2.24, 2.45) is 0 Å². The number of hydrogen-bond donors (Lipinski definition) is 3. The second kappa shape index (κ2) is 6.51. The van der Waals surface area contributed by atoms with Gasteiger partial charge in [-0.05, 0) is 30.7 Å². The van der Waals surface area contributed by atoms with Crippen molar-refractivity contribution in [3.63, 3.8) is 0 Å². The van der Waals surface area contributed by atoms with Crippen molar-refractivity contribution >= 4 is 27.8 Å². The molecule has 0 saturated carbocycles. The molecule has 98 valence electrons. The van der Waals surface area contributed by atoms with E-state index in [0.29, 0.717) is 5.56 Å². The van der Waals surface area contributed by atoms with E-state index in [1.165, 1.54) is 0 Å². The van der Waals surface area contributed by atoms with E-state index < -0.39 is 12.1 Å². The van der Waals surface area contributed by atoms with E-state index in [2.05, 4.69) is 21.2 Å². The molecule has 0 aliphatic heterocycles. The fourth-order valence-electron chi connectivity index (χ4n) is 1.42. The van der Waals surface area contributed by atoms with Crippen LogP contribution in [0, 0.1) is 6.92 Å². The monoisotopic (exact) mass is 315 g/mol. The average Bonchev–Trinajstić information content (AvgIpc) is 2.28. The number of carboxylic acid groups (broad SMARTS) is 1. The lowest BCUT2D eigenvalue weighted by molar-refractivity contribution is -0.146. The van der Waals surface area contributed by atoms with E-state index in [0.717, 1.165) is 10.0 Å². The van der Waals surface area contributed by atoms with Gasteiger partial charge in [0.2, 0.25) is 0 Å². The molecule has 0 bridgehead atoms. The summed E-state index contributed by atoms with van der Waals surface area (Å²) >= 11 is 3.30. The molecule has 3 N–H and O–H groups in total. The first-order valence-electron chi connectivity index (χ1n) is 5.37. The molecule has 0 aromatic heterocycles. The smallest absolute Gasteiger partial charge is 0.332 e. The van der Waals surface area contributed by atoms with Crippen LogP contribution in [-0.2, 0) is 4.79 Å². The third-order valence-electron chi connectivity index (χ3n) is 2.42. The van der Waals surface area contributed by atoms with Crippen molar-refractivity contribution in [1.82, 2.24) is 5.32 Å². The molecule has 0 radical (unpaired) electrons. The van der Waals surface area contributed by atoms with Gasteiger partial charge in [0.25, 0.3) is 5.91 Å². The lowest BCUT2D eigenvalue weighted by Crippen LogP contribution is -2.30. The van der Waals surface area contributed by atoms with Crippen molar-refractivity contribution in [2.75, 3.05) is 6.54 Å². The minimum Gasteiger partial charge on any atom is -0.479 e. The maximum absolute atomic E-state index is 11.8. The normalized spacial score (nSPS) is 11.9. The highest BCUT2D eigenvalue weighted by Gasteiger charge is 2.14. The molecule has 1 aromatic rings. The number of benzene rings is 1. The van der Waals surface area contributed by atoms with Gasteiger partial charge in [0.15, 0.2) is 6.10 Å². The molecular formula is C12H14BrNO4. The number of carbonyl (C=O) groups is 2. The second-order valence-electron chi connectivity index (χ2n) is 3.86. The second-order valence-corrected chi connectivity index (χ2v) is 4.77. The van der Waals surface area contributed by atoms with Crippen molar-refractivity contribution in [2.45, 2.75) is 19.4 Å². The van der Waals surface area contributed by atoms with E-state index >= 15 is 0 Å². The highest BCUT2D eigenvalue weighted by atomic mass is 79.9. The van der Waals surface area contributed by atoms with Crippen LogP contribution in [-0.4, -0.2) is 34.7 Å². The molecule has 0 aliphatic carbocycles. The fraction of sp³-hybridized carbons (Fsp3) is 0.333. The molecule has 1 aromatic carbocycles. The highest BCUT2D eigenvalue weighted by Crippen LogP contribution is 2.15. The zero-order chi connectivity index (χ0) is 13.7. The Morgan fingerprint density at radius 2 is 2.11 bits per heavy atom. The van der Waals surface area contributed by atoms with Crippen LogP contribution in [0.15, 0.2) is 22.7 Å². The third-order valence-corrected chi connectivity index (χ3v) is 2.91. The highest BCUT2D eigenvalue weighted by molar-refractivity contribution is 9.10. The van der Waals surface area contributed by atoms with Gasteiger partial charge < -0.3 is 15.5 Å². The van der Waals surface area contributed by atoms with Crippen LogP contribution >= 0.6 is 15.9 Å². The number of hydrogen-bond acceptors (Lipinski definition) is 3. The summed E-state index contributed by atoms with van der Waals surface area (Å²) in [5, 5.41) is 20.1. The van der Waals surface area contributed by atoms with Crippen LogP contribution in [0.5, 0.6) is 0 Å². The Morgan fingerprint density at radius 1 is 1.44 bits per heavy atom. The van der Waals surface area contributed by atoms with Crippen LogP contribution in [0.1, 0.15) is 22.3 Å². The molecule has 6 heteroatoms. The first kappa shape index (κ1) is 14.7. The Bertz CT molecular complexity index is 461. The lowest BCUT2D eigenvalue weighted by atomic mass is 10.1. The first-order chi connectivity index (χ1) is 8.41. The van der Waals surface area contributed by atoms with Gasteiger partial charge in [-0.1, -0.05) is 15.9 Å². The van der Waals surface area contributed by atoms with E-state index in [9.17, 15) is 9.59 Å². The molecule has 1 rings (SSSR count). The summed E-state index contributed by atoms with van der Waals surface area (Å²) in [5.41, 5.74) is 1.35. The van der Waals surface area contributed by atoms with Crippen LogP contribution in [0.4, 0.5) is 0 Å².